The molecule has 1 saturated heterocycles. The van der Waals surface area contributed by atoms with Gasteiger partial charge in [0, 0.05) is 11.7 Å². The quantitative estimate of drug-likeness (QED) is 0.702. The van der Waals surface area contributed by atoms with E-state index in [4.69, 9.17) is 4.74 Å². The molecule has 4 aliphatic carbocycles. The van der Waals surface area contributed by atoms with Crippen molar-refractivity contribution in [3.63, 3.8) is 0 Å². The summed E-state index contributed by atoms with van der Waals surface area (Å²) in [6.07, 6.45) is 6.75. The molecule has 1 heterocycles. The van der Waals surface area contributed by atoms with E-state index in [0.717, 1.165) is 38.5 Å². The first-order chi connectivity index (χ1) is 12.0. The van der Waals surface area contributed by atoms with Crippen molar-refractivity contribution in [2.45, 2.75) is 81.9 Å². The maximum atomic E-state index is 12.7. The minimum Gasteiger partial charge on any atom is -0.393 e. The Hall–Kier alpha value is -0.460. The fourth-order valence-corrected chi connectivity index (χ4v) is 9.06. The summed E-state index contributed by atoms with van der Waals surface area (Å²) in [6.45, 7) is 4.45. The molecule has 0 aromatic rings. The molecule has 5 rings (SSSR count). The monoisotopic (exact) mass is 382 g/mol. The van der Waals surface area contributed by atoms with Crippen LogP contribution in [0, 0.1) is 28.6 Å². The first-order valence-electron chi connectivity index (χ1n) is 10.1. The predicted octanol–water partition coefficient (Wildman–Crippen LogP) is 2.11. The highest BCUT2D eigenvalue weighted by Gasteiger charge is 2.78. The topological polar surface area (TPSA) is 84.0 Å². The molecule has 1 N–H and O–H groups in total. The van der Waals surface area contributed by atoms with Crippen molar-refractivity contribution in [1.82, 2.24) is 0 Å². The molecule has 1 aliphatic heterocycles. The van der Waals surface area contributed by atoms with E-state index in [1.807, 2.05) is 0 Å². The van der Waals surface area contributed by atoms with Crippen molar-refractivity contribution in [3.8, 4) is 0 Å². The van der Waals surface area contributed by atoms with Crippen LogP contribution in [0.15, 0.2) is 0 Å². The van der Waals surface area contributed by atoms with Gasteiger partial charge in [-0.3, -0.25) is 4.79 Å². The Kier molecular flexibility index (Phi) is 3.34. The number of ether oxygens (including phenoxy) is 1. The zero-order chi connectivity index (χ0) is 18.7. The minimum atomic E-state index is -3.42. The van der Waals surface area contributed by atoms with E-state index in [2.05, 4.69) is 13.8 Å². The molecule has 4 saturated carbocycles. The van der Waals surface area contributed by atoms with E-state index in [0.29, 0.717) is 24.2 Å². The first-order valence-corrected chi connectivity index (χ1v) is 12.1. The summed E-state index contributed by atoms with van der Waals surface area (Å²) >= 11 is 0. The lowest BCUT2D eigenvalue weighted by molar-refractivity contribution is -0.133. The Labute approximate surface area is 155 Å². The zero-order valence-corrected chi connectivity index (χ0v) is 16.7. The van der Waals surface area contributed by atoms with Gasteiger partial charge in [0.2, 0.25) is 0 Å². The van der Waals surface area contributed by atoms with Gasteiger partial charge in [-0.05, 0) is 68.1 Å². The maximum absolute atomic E-state index is 12.7. The van der Waals surface area contributed by atoms with Gasteiger partial charge >= 0.3 is 0 Å². The summed E-state index contributed by atoms with van der Waals surface area (Å²) < 4.78 is 30.7. The third kappa shape index (κ3) is 1.89. The van der Waals surface area contributed by atoms with Crippen molar-refractivity contribution >= 4 is 15.6 Å². The predicted molar refractivity (Wildman–Crippen MR) is 96.3 cm³/mol. The molecule has 0 aromatic heterocycles. The second kappa shape index (κ2) is 4.93. The third-order valence-electron chi connectivity index (χ3n) is 9.42. The number of epoxide rings is 1. The van der Waals surface area contributed by atoms with Gasteiger partial charge in [-0.1, -0.05) is 13.8 Å². The Morgan fingerprint density at radius 2 is 1.81 bits per heavy atom. The average Bonchev–Trinajstić information content (AvgIpc) is 3.23. The second-order valence-corrected chi connectivity index (χ2v) is 12.5. The van der Waals surface area contributed by atoms with E-state index in [9.17, 15) is 18.3 Å². The van der Waals surface area contributed by atoms with Crippen molar-refractivity contribution in [2.75, 3.05) is 6.26 Å². The lowest BCUT2D eigenvalue weighted by Gasteiger charge is -2.59. The highest BCUT2D eigenvalue weighted by molar-refractivity contribution is 7.92. The number of carbonyl (C=O) groups excluding carboxylic acids is 1. The highest BCUT2D eigenvalue weighted by Crippen LogP contribution is 2.72. The minimum absolute atomic E-state index is 0.00651. The standard InChI is InChI=1S/C20H30O5S/c1-18-8-7-13-11(12(18)4-5-15(18)21)6-9-20-17(25-20)16(22)14(26(3,23)24)10-19(13,20)2/h11-15,17,21H,4-10H2,1-3H3/t11?,12?,13?,14?,15-,17+,18-,19+,20+/m0/s1. The number of hydrogen-bond acceptors (Lipinski definition) is 5. The van der Waals surface area contributed by atoms with Crippen LogP contribution in [0.25, 0.3) is 0 Å². The fourth-order valence-electron chi connectivity index (χ4n) is 7.86. The molecule has 26 heavy (non-hydrogen) atoms. The molecule has 0 bridgehead atoms. The van der Waals surface area contributed by atoms with Crippen LogP contribution in [0.1, 0.15) is 58.8 Å². The molecule has 0 aromatic carbocycles. The summed E-state index contributed by atoms with van der Waals surface area (Å²) in [5, 5.41) is 9.66. The molecule has 5 aliphatic rings. The number of ketones is 1. The van der Waals surface area contributed by atoms with Crippen molar-refractivity contribution in [1.29, 1.82) is 0 Å². The number of fused-ring (bicyclic) bond motifs is 4. The number of aliphatic hydroxyl groups excluding tert-OH is 1. The number of carbonyl (C=O) groups is 1. The Bertz CT molecular complexity index is 777. The molecular formula is C20H30O5S. The number of rotatable bonds is 1. The Morgan fingerprint density at radius 1 is 1.08 bits per heavy atom. The summed E-state index contributed by atoms with van der Waals surface area (Å²) in [5.74, 6) is 1.21. The van der Waals surface area contributed by atoms with Gasteiger partial charge in [0.1, 0.15) is 17.0 Å². The van der Waals surface area contributed by atoms with Crippen LogP contribution in [0.5, 0.6) is 0 Å². The summed E-state index contributed by atoms with van der Waals surface area (Å²) in [7, 11) is -3.42. The van der Waals surface area contributed by atoms with Gasteiger partial charge in [0.05, 0.1) is 6.10 Å². The molecule has 1 spiro atoms. The van der Waals surface area contributed by atoms with E-state index in [-0.39, 0.29) is 22.7 Å². The van der Waals surface area contributed by atoms with Crippen molar-refractivity contribution in [2.24, 2.45) is 28.6 Å². The lowest BCUT2D eigenvalue weighted by atomic mass is 9.45. The SMILES string of the molecule is C[C@]12CCC3C(CC[C@@]45O[C@@H]4C(=O)C(S(C)(=O)=O)C[C@]35C)C1CC[C@@H]2O. The Morgan fingerprint density at radius 3 is 2.50 bits per heavy atom. The lowest BCUT2D eigenvalue weighted by Crippen LogP contribution is -2.61. The zero-order valence-electron chi connectivity index (χ0n) is 15.9. The largest absolute Gasteiger partial charge is 0.393 e. The van der Waals surface area contributed by atoms with Crippen LogP contribution in [-0.4, -0.2) is 48.6 Å². The van der Waals surface area contributed by atoms with Gasteiger partial charge < -0.3 is 9.84 Å². The van der Waals surface area contributed by atoms with Gasteiger partial charge in [-0.25, -0.2) is 8.42 Å². The molecule has 0 radical (unpaired) electrons. The first kappa shape index (κ1) is 17.6. The van der Waals surface area contributed by atoms with E-state index in [1.165, 1.54) is 6.26 Å². The number of Topliss-reactive ketones (excluding diaryl/α,β-unsaturated/α-hetero) is 1. The van der Waals surface area contributed by atoms with Crippen molar-refractivity contribution in [3.05, 3.63) is 0 Å². The molecule has 5 fully saturated rings. The van der Waals surface area contributed by atoms with Gasteiger partial charge in [-0.15, -0.1) is 0 Å². The van der Waals surface area contributed by atoms with Crippen molar-refractivity contribution < 1.29 is 23.1 Å². The summed E-state index contributed by atoms with van der Waals surface area (Å²) in [6, 6.07) is 0. The molecular weight excluding hydrogens is 352 g/mol. The van der Waals surface area contributed by atoms with Crippen LogP contribution in [0.2, 0.25) is 0 Å². The van der Waals surface area contributed by atoms with Gasteiger partial charge in [-0.2, -0.15) is 0 Å². The number of sulfone groups is 1. The maximum Gasteiger partial charge on any atom is 0.182 e. The smallest absolute Gasteiger partial charge is 0.182 e. The van der Waals surface area contributed by atoms with Crippen LogP contribution in [-0.2, 0) is 19.4 Å². The fraction of sp³-hybridized carbons (Fsp3) is 0.950. The Balaban J connectivity index is 1.54. The normalized spacial score (nSPS) is 58.4. The van der Waals surface area contributed by atoms with Crippen LogP contribution in [0.4, 0.5) is 0 Å². The molecule has 146 valence electrons. The highest BCUT2D eigenvalue weighted by atomic mass is 32.2. The number of hydrogen-bond donors (Lipinski definition) is 1. The number of aliphatic hydroxyl groups is 1. The van der Waals surface area contributed by atoms with Crippen LogP contribution >= 0.6 is 0 Å². The molecule has 4 unspecified atom stereocenters. The molecule has 0 amide bonds. The molecule has 5 nitrogen and oxygen atoms in total. The van der Waals surface area contributed by atoms with E-state index < -0.39 is 26.8 Å². The molecule has 9 atom stereocenters. The average molecular weight is 383 g/mol. The summed E-state index contributed by atoms with van der Waals surface area (Å²) in [5.41, 5.74) is -0.666. The van der Waals surface area contributed by atoms with E-state index >= 15 is 0 Å². The van der Waals surface area contributed by atoms with Crippen LogP contribution in [0.3, 0.4) is 0 Å². The molecule has 6 heteroatoms. The van der Waals surface area contributed by atoms with Crippen LogP contribution < -0.4 is 0 Å². The second-order valence-electron chi connectivity index (χ2n) is 10.3. The third-order valence-corrected chi connectivity index (χ3v) is 10.9. The summed E-state index contributed by atoms with van der Waals surface area (Å²) in [4.78, 5) is 12.7. The van der Waals surface area contributed by atoms with E-state index in [1.54, 1.807) is 0 Å². The van der Waals surface area contributed by atoms with Gasteiger partial charge in [0.15, 0.2) is 15.6 Å². The van der Waals surface area contributed by atoms with Gasteiger partial charge in [0.25, 0.3) is 0 Å².